The number of ether oxygens (including phenoxy) is 2. The molecule has 0 aromatic carbocycles. The summed E-state index contributed by atoms with van der Waals surface area (Å²) in [6.45, 7) is 2.48. The highest BCUT2D eigenvalue weighted by molar-refractivity contribution is 7.99. The number of likely N-dealkylation sites (N-methyl/N-ethyl adjacent to an activating group) is 1. The lowest BCUT2D eigenvalue weighted by atomic mass is 9.92. The van der Waals surface area contributed by atoms with Crippen molar-refractivity contribution in [1.82, 2.24) is 10.2 Å². The van der Waals surface area contributed by atoms with Gasteiger partial charge in [0.15, 0.2) is 0 Å². The van der Waals surface area contributed by atoms with Gasteiger partial charge in [-0.05, 0) is 33.4 Å². The second-order valence-electron chi connectivity index (χ2n) is 7.15. The van der Waals surface area contributed by atoms with Gasteiger partial charge in [0, 0.05) is 12.9 Å². The molecular formula is C17H32N2O7S. The van der Waals surface area contributed by atoms with Crippen LogP contribution < -0.4 is 5.32 Å². The van der Waals surface area contributed by atoms with Crippen LogP contribution in [0.25, 0.3) is 0 Å². The van der Waals surface area contributed by atoms with Gasteiger partial charge in [0.05, 0.1) is 24.8 Å². The zero-order chi connectivity index (χ0) is 20.1. The first-order chi connectivity index (χ1) is 12.8. The van der Waals surface area contributed by atoms with Gasteiger partial charge in [-0.15, -0.1) is 11.8 Å². The van der Waals surface area contributed by atoms with Crippen molar-refractivity contribution in [2.45, 2.75) is 67.8 Å². The van der Waals surface area contributed by atoms with Gasteiger partial charge in [0.1, 0.15) is 29.9 Å². The Morgan fingerprint density at radius 3 is 2.59 bits per heavy atom. The third-order valence-corrected chi connectivity index (χ3v) is 6.48. The van der Waals surface area contributed by atoms with Crippen LogP contribution in [0.3, 0.4) is 0 Å². The predicted octanol–water partition coefficient (Wildman–Crippen LogP) is -1.87. The summed E-state index contributed by atoms with van der Waals surface area (Å²) in [4.78, 5) is 14.7. The first kappa shape index (κ1) is 22.8. The summed E-state index contributed by atoms with van der Waals surface area (Å²) in [5.74, 6) is 0.126. The fraction of sp³-hybridized carbons (Fsp3) is 0.941. The second-order valence-corrected chi connectivity index (χ2v) is 8.36. The van der Waals surface area contributed by atoms with Gasteiger partial charge >= 0.3 is 0 Å². The minimum absolute atomic E-state index is 0.108. The number of aliphatic hydroxyl groups excluding tert-OH is 4. The van der Waals surface area contributed by atoms with Crippen molar-refractivity contribution in [2.75, 3.05) is 33.1 Å². The zero-order valence-electron chi connectivity index (χ0n) is 16.0. The zero-order valence-corrected chi connectivity index (χ0v) is 16.8. The van der Waals surface area contributed by atoms with Crippen LogP contribution in [-0.4, -0.2) is 112 Å². The summed E-state index contributed by atoms with van der Waals surface area (Å²) in [6.07, 6.45) is -3.90. The topological polar surface area (TPSA) is 132 Å². The summed E-state index contributed by atoms with van der Waals surface area (Å²) in [6, 6.07) is -0.974. The molecule has 0 unspecified atom stereocenters. The molecule has 5 N–H and O–H groups in total. The van der Waals surface area contributed by atoms with Gasteiger partial charge in [0.25, 0.3) is 0 Å². The molecule has 158 valence electrons. The van der Waals surface area contributed by atoms with E-state index in [4.69, 9.17) is 14.6 Å². The number of amides is 1. The van der Waals surface area contributed by atoms with Crippen molar-refractivity contribution >= 4 is 17.7 Å². The summed E-state index contributed by atoms with van der Waals surface area (Å²) in [7, 11) is 3.38. The molecular weight excluding hydrogens is 376 g/mol. The molecule has 2 rings (SSSR count). The Bertz CT molecular complexity index is 486. The molecule has 9 nitrogen and oxygen atoms in total. The van der Waals surface area contributed by atoms with E-state index in [9.17, 15) is 20.1 Å². The van der Waals surface area contributed by atoms with E-state index in [0.717, 1.165) is 31.1 Å². The number of aliphatic hydroxyl groups is 4. The Kier molecular flexibility index (Phi) is 8.75. The summed E-state index contributed by atoms with van der Waals surface area (Å²) < 4.78 is 11.2. The van der Waals surface area contributed by atoms with Gasteiger partial charge in [-0.1, -0.05) is 0 Å². The number of carbonyl (C=O) groups excluding carboxylic acids is 1. The number of carbonyl (C=O) groups is 1. The van der Waals surface area contributed by atoms with Crippen molar-refractivity contribution < 1.29 is 34.7 Å². The molecule has 0 aromatic heterocycles. The van der Waals surface area contributed by atoms with E-state index in [1.54, 1.807) is 6.92 Å². The maximum absolute atomic E-state index is 12.7. The summed E-state index contributed by atoms with van der Waals surface area (Å²) in [5.41, 5.74) is -0.835. The molecule has 2 fully saturated rings. The third-order valence-electron chi connectivity index (χ3n) is 5.34. The predicted molar refractivity (Wildman–Crippen MR) is 100 cm³/mol. The first-order valence-corrected chi connectivity index (χ1v) is 10.3. The monoisotopic (exact) mass is 408 g/mol. The highest BCUT2D eigenvalue weighted by atomic mass is 32.2. The number of hydrogen-bond donors (Lipinski definition) is 5. The number of likely N-dealkylation sites (tertiary alicyclic amines) is 1. The molecule has 0 bridgehead atoms. The van der Waals surface area contributed by atoms with Crippen molar-refractivity contribution in [1.29, 1.82) is 0 Å². The van der Waals surface area contributed by atoms with E-state index in [-0.39, 0.29) is 18.6 Å². The Balaban J connectivity index is 2.16. The molecule has 0 aliphatic carbocycles. The third kappa shape index (κ3) is 5.33. The number of methoxy groups -OCH3 is 1. The van der Waals surface area contributed by atoms with E-state index in [1.807, 2.05) is 11.9 Å². The van der Waals surface area contributed by atoms with E-state index in [0.29, 0.717) is 5.75 Å². The summed E-state index contributed by atoms with van der Waals surface area (Å²) >= 11 is 1.14. The maximum atomic E-state index is 12.7. The van der Waals surface area contributed by atoms with Crippen LogP contribution in [0.1, 0.15) is 19.8 Å². The second kappa shape index (κ2) is 10.4. The van der Waals surface area contributed by atoms with Crippen molar-refractivity contribution in [3.05, 3.63) is 0 Å². The van der Waals surface area contributed by atoms with E-state index in [2.05, 4.69) is 5.32 Å². The maximum Gasteiger partial charge on any atom is 0.237 e. The van der Waals surface area contributed by atoms with Crippen LogP contribution in [0.5, 0.6) is 0 Å². The van der Waals surface area contributed by atoms with Gasteiger partial charge in [0.2, 0.25) is 5.91 Å². The van der Waals surface area contributed by atoms with Crippen molar-refractivity contribution in [3.8, 4) is 0 Å². The van der Waals surface area contributed by atoms with E-state index in [1.165, 1.54) is 7.11 Å². The standard InChI is InChI=1S/C17H32N2O7S/c1-9(25-3)11(18-16(24)10-5-4-6-19(10)2)15-13(22)12(21)14(23)17(26-15)27-8-7-20/h9-15,17,20-23H,4-8H2,1-3H3,(H,18,24)/t9-,10+,11-,12+,13-,14-,15-,17-/m1/s1. The number of thioether (sulfide) groups is 1. The molecule has 2 heterocycles. The van der Waals surface area contributed by atoms with Crippen LogP contribution in [0.15, 0.2) is 0 Å². The number of rotatable bonds is 8. The SMILES string of the molecule is CO[C@H](C)[C@@H](NC(=O)[C@@H]1CCCN1C)[C@H]1O[C@H](SCCO)[C@H](O)[C@@H](O)[C@H]1O. The number of nitrogens with zero attached hydrogens (tertiary/aromatic N) is 1. The van der Waals surface area contributed by atoms with E-state index >= 15 is 0 Å². The Morgan fingerprint density at radius 2 is 2.04 bits per heavy atom. The average molecular weight is 409 g/mol. The fourth-order valence-electron chi connectivity index (χ4n) is 3.59. The number of hydrogen-bond acceptors (Lipinski definition) is 9. The lowest BCUT2D eigenvalue weighted by Crippen LogP contribution is -2.66. The molecule has 2 saturated heterocycles. The molecule has 2 aliphatic rings. The minimum atomic E-state index is -1.43. The molecule has 2 aliphatic heterocycles. The molecule has 27 heavy (non-hydrogen) atoms. The first-order valence-electron chi connectivity index (χ1n) is 9.27. The highest BCUT2D eigenvalue weighted by Gasteiger charge is 2.48. The lowest BCUT2D eigenvalue weighted by molar-refractivity contribution is -0.212. The van der Waals surface area contributed by atoms with Crippen molar-refractivity contribution in [2.24, 2.45) is 0 Å². The van der Waals surface area contributed by atoms with Crippen LogP contribution in [0.2, 0.25) is 0 Å². The van der Waals surface area contributed by atoms with Crippen LogP contribution >= 0.6 is 11.8 Å². The number of nitrogens with one attached hydrogen (secondary N) is 1. The van der Waals surface area contributed by atoms with Crippen LogP contribution in [-0.2, 0) is 14.3 Å². The van der Waals surface area contributed by atoms with Crippen LogP contribution in [0.4, 0.5) is 0 Å². The Hall–Kier alpha value is -0.460. The molecule has 1 amide bonds. The molecule has 0 radical (unpaired) electrons. The fourth-order valence-corrected chi connectivity index (χ4v) is 4.49. The average Bonchev–Trinajstić information content (AvgIpc) is 3.09. The van der Waals surface area contributed by atoms with Gasteiger partial charge in [-0.2, -0.15) is 0 Å². The van der Waals surface area contributed by atoms with Crippen LogP contribution in [0, 0.1) is 0 Å². The van der Waals surface area contributed by atoms with Gasteiger partial charge in [-0.3, -0.25) is 9.69 Å². The highest BCUT2D eigenvalue weighted by Crippen LogP contribution is 2.31. The van der Waals surface area contributed by atoms with E-state index < -0.39 is 42.0 Å². The lowest BCUT2D eigenvalue weighted by Gasteiger charge is -2.44. The Morgan fingerprint density at radius 1 is 1.33 bits per heavy atom. The molecule has 0 aromatic rings. The smallest absolute Gasteiger partial charge is 0.237 e. The Labute approximate surface area is 164 Å². The summed E-state index contributed by atoms with van der Waals surface area (Å²) in [5, 5.41) is 42.8. The molecule has 0 saturated carbocycles. The largest absolute Gasteiger partial charge is 0.396 e. The quantitative estimate of drug-likeness (QED) is 0.313. The van der Waals surface area contributed by atoms with Gasteiger partial charge < -0.3 is 35.2 Å². The normalized spacial score (nSPS) is 37.1. The molecule has 0 spiro atoms. The minimum Gasteiger partial charge on any atom is -0.396 e. The molecule has 8 atom stereocenters. The molecule has 10 heteroatoms. The van der Waals surface area contributed by atoms with Crippen molar-refractivity contribution in [3.63, 3.8) is 0 Å². The van der Waals surface area contributed by atoms with Gasteiger partial charge in [-0.25, -0.2) is 0 Å².